The lowest BCUT2D eigenvalue weighted by Gasteiger charge is -2.39. The average molecular weight is 316 g/mol. The minimum atomic E-state index is -1.17. The Balaban J connectivity index is 2.27. The van der Waals surface area contributed by atoms with Crippen molar-refractivity contribution in [3.8, 4) is 0 Å². The predicted molar refractivity (Wildman–Crippen MR) is 79.5 cm³/mol. The molecule has 2 unspecified atom stereocenters. The van der Waals surface area contributed by atoms with Gasteiger partial charge in [-0.05, 0) is 36.6 Å². The molecule has 1 heterocycles. The first-order valence-corrected chi connectivity index (χ1v) is 7.93. The summed E-state index contributed by atoms with van der Waals surface area (Å²) in [5, 5.41) is 14.5. The molecule has 2 rings (SSSR count). The van der Waals surface area contributed by atoms with E-state index in [2.05, 4.69) is 5.32 Å². The Kier molecular flexibility index (Phi) is 4.39. The highest BCUT2D eigenvalue weighted by Gasteiger charge is 2.46. The van der Waals surface area contributed by atoms with Gasteiger partial charge in [0.25, 0.3) is 5.91 Å². The number of carbonyl (C=O) groups excluding carboxylic acids is 1. The molecule has 2 N–H and O–H groups in total. The second kappa shape index (κ2) is 5.74. The first-order valence-electron chi connectivity index (χ1n) is 6.68. The molecule has 0 aromatic carbocycles. The molecule has 4 nitrogen and oxygen atoms in total. The fraction of sp³-hybridized carbons (Fsp3) is 0.571. The van der Waals surface area contributed by atoms with Crippen LogP contribution >= 0.6 is 22.9 Å². The first kappa shape index (κ1) is 15.3. The monoisotopic (exact) mass is 315 g/mol. The van der Waals surface area contributed by atoms with Crippen molar-refractivity contribution in [3.05, 3.63) is 20.8 Å². The van der Waals surface area contributed by atoms with E-state index >= 15 is 0 Å². The van der Waals surface area contributed by atoms with E-state index in [0.717, 1.165) is 24.8 Å². The number of hydrogen-bond donors (Lipinski definition) is 2. The maximum Gasteiger partial charge on any atom is 0.329 e. The van der Waals surface area contributed by atoms with Crippen LogP contribution in [0.5, 0.6) is 0 Å². The summed E-state index contributed by atoms with van der Waals surface area (Å²) in [6.07, 6.45) is 3.10. The fourth-order valence-electron chi connectivity index (χ4n) is 2.75. The number of carboxylic acids is 1. The summed E-state index contributed by atoms with van der Waals surface area (Å²) in [7, 11) is 0. The maximum atomic E-state index is 12.4. The van der Waals surface area contributed by atoms with Crippen LogP contribution < -0.4 is 5.32 Å². The van der Waals surface area contributed by atoms with E-state index in [4.69, 9.17) is 11.6 Å². The van der Waals surface area contributed by atoms with E-state index in [0.29, 0.717) is 16.3 Å². The van der Waals surface area contributed by atoms with E-state index in [-0.39, 0.29) is 11.8 Å². The third kappa shape index (κ3) is 2.56. The third-order valence-electron chi connectivity index (χ3n) is 4.12. The smallest absolute Gasteiger partial charge is 0.329 e. The van der Waals surface area contributed by atoms with Gasteiger partial charge in [0.15, 0.2) is 0 Å². The third-order valence-corrected chi connectivity index (χ3v) is 5.82. The van der Waals surface area contributed by atoms with Crippen LogP contribution in [0.3, 0.4) is 0 Å². The summed E-state index contributed by atoms with van der Waals surface area (Å²) < 4.78 is 0. The van der Waals surface area contributed by atoms with Gasteiger partial charge in [-0.2, -0.15) is 0 Å². The van der Waals surface area contributed by atoms with Gasteiger partial charge in [-0.15, -0.1) is 11.3 Å². The zero-order chi connectivity index (χ0) is 14.9. The quantitative estimate of drug-likeness (QED) is 0.897. The number of amides is 1. The van der Waals surface area contributed by atoms with Gasteiger partial charge in [-0.1, -0.05) is 31.4 Å². The van der Waals surface area contributed by atoms with Gasteiger partial charge in [-0.25, -0.2) is 4.79 Å². The molecule has 0 saturated heterocycles. The van der Waals surface area contributed by atoms with Gasteiger partial charge in [0.2, 0.25) is 0 Å². The molecule has 1 aliphatic carbocycles. The molecule has 110 valence electrons. The zero-order valence-corrected chi connectivity index (χ0v) is 13.1. The highest BCUT2D eigenvalue weighted by molar-refractivity contribution is 7.13. The molecule has 0 radical (unpaired) electrons. The minimum absolute atomic E-state index is 0.0856. The summed E-state index contributed by atoms with van der Waals surface area (Å²) in [6, 6.07) is 0. The number of carboxylic acid groups (broad SMARTS) is 1. The van der Waals surface area contributed by atoms with Crippen LogP contribution in [0.15, 0.2) is 5.38 Å². The highest BCUT2D eigenvalue weighted by Crippen LogP contribution is 2.35. The van der Waals surface area contributed by atoms with Crippen molar-refractivity contribution in [2.75, 3.05) is 0 Å². The summed E-state index contributed by atoms with van der Waals surface area (Å²) >= 11 is 7.33. The molecule has 1 aliphatic rings. The molecule has 6 heteroatoms. The standard InChI is InChI=1S/C14H18ClNO3S/c1-8-7-20-11(10(8)15)12(17)16-14(13(18)19)6-4-3-5-9(14)2/h7,9H,3-6H2,1-2H3,(H,16,17)(H,18,19). The number of nitrogens with one attached hydrogen (secondary N) is 1. The van der Waals surface area contributed by atoms with Gasteiger partial charge < -0.3 is 10.4 Å². The first-order chi connectivity index (χ1) is 9.38. The van der Waals surface area contributed by atoms with Crippen molar-refractivity contribution in [2.24, 2.45) is 5.92 Å². The lowest BCUT2D eigenvalue weighted by Crippen LogP contribution is -2.59. The Morgan fingerprint density at radius 2 is 2.20 bits per heavy atom. The highest BCUT2D eigenvalue weighted by atomic mass is 35.5. The van der Waals surface area contributed by atoms with Crippen LogP contribution in [0, 0.1) is 12.8 Å². The van der Waals surface area contributed by atoms with E-state index < -0.39 is 11.5 Å². The Morgan fingerprint density at radius 3 is 2.70 bits per heavy atom. The number of aliphatic carboxylic acids is 1. The Hall–Kier alpha value is -1.07. The van der Waals surface area contributed by atoms with Crippen molar-refractivity contribution < 1.29 is 14.7 Å². The molecule has 1 saturated carbocycles. The summed E-state index contributed by atoms with van der Waals surface area (Å²) in [5.41, 5.74) is -0.334. The zero-order valence-electron chi connectivity index (χ0n) is 11.5. The van der Waals surface area contributed by atoms with Gasteiger partial charge in [0.1, 0.15) is 10.4 Å². The second-order valence-corrected chi connectivity index (χ2v) is 6.70. The van der Waals surface area contributed by atoms with Crippen molar-refractivity contribution in [1.29, 1.82) is 0 Å². The maximum absolute atomic E-state index is 12.4. The van der Waals surface area contributed by atoms with Gasteiger partial charge in [0.05, 0.1) is 5.02 Å². The summed E-state index contributed by atoms with van der Waals surface area (Å²) in [4.78, 5) is 24.4. The topological polar surface area (TPSA) is 66.4 Å². The molecule has 1 aromatic rings. The average Bonchev–Trinajstić information content (AvgIpc) is 2.72. The SMILES string of the molecule is Cc1csc(C(=O)NC2(C(=O)O)CCCCC2C)c1Cl. The van der Waals surface area contributed by atoms with Gasteiger partial charge in [0, 0.05) is 0 Å². The molecule has 20 heavy (non-hydrogen) atoms. The molecule has 0 aliphatic heterocycles. The summed E-state index contributed by atoms with van der Waals surface area (Å²) in [5.74, 6) is -1.43. The molecular weight excluding hydrogens is 298 g/mol. The van der Waals surface area contributed by atoms with Crippen LogP contribution in [0.4, 0.5) is 0 Å². The molecule has 0 spiro atoms. The lowest BCUT2D eigenvalue weighted by atomic mass is 9.73. The molecule has 2 atom stereocenters. The number of aryl methyl sites for hydroxylation is 1. The molecule has 1 aromatic heterocycles. The van der Waals surface area contributed by atoms with Crippen LogP contribution in [-0.4, -0.2) is 22.5 Å². The van der Waals surface area contributed by atoms with Crippen molar-refractivity contribution in [1.82, 2.24) is 5.32 Å². The van der Waals surface area contributed by atoms with Crippen molar-refractivity contribution in [3.63, 3.8) is 0 Å². The number of hydrogen-bond acceptors (Lipinski definition) is 3. The molecular formula is C14H18ClNO3S. The second-order valence-electron chi connectivity index (χ2n) is 5.44. The van der Waals surface area contributed by atoms with Gasteiger partial charge in [-0.3, -0.25) is 4.79 Å². The normalized spacial score (nSPS) is 26.2. The van der Waals surface area contributed by atoms with E-state index in [1.807, 2.05) is 13.8 Å². The predicted octanol–water partition coefficient (Wildman–Crippen LogP) is 3.47. The number of rotatable bonds is 3. The Labute approximate surface area is 127 Å². The molecule has 1 amide bonds. The van der Waals surface area contributed by atoms with Crippen LogP contribution in [0.25, 0.3) is 0 Å². The largest absolute Gasteiger partial charge is 0.479 e. The number of halogens is 1. The lowest BCUT2D eigenvalue weighted by molar-refractivity contribution is -0.148. The van der Waals surface area contributed by atoms with Crippen molar-refractivity contribution >= 4 is 34.8 Å². The fourth-order valence-corrected chi connectivity index (χ4v) is 3.92. The van der Waals surface area contributed by atoms with E-state index in [1.54, 1.807) is 5.38 Å². The van der Waals surface area contributed by atoms with Gasteiger partial charge >= 0.3 is 5.97 Å². The molecule has 1 fully saturated rings. The Bertz CT molecular complexity index is 543. The Morgan fingerprint density at radius 1 is 1.50 bits per heavy atom. The van der Waals surface area contributed by atoms with E-state index in [1.165, 1.54) is 11.3 Å². The van der Waals surface area contributed by atoms with E-state index in [9.17, 15) is 14.7 Å². The van der Waals surface area contributed by atoms with Crippen LogP contribution in [-0.2, 0) is 4.79 Å². The minimum Gasteiger partial charge on any atom is -0.479 e. The summed E-state index contributed by atoms with van der Waals surface area (Å²) in [6.45, 7) is 3.71. The van der Waals surface area contributed by atoms with Crippen LogP contribution in [0.2, 0.25) is 5.02 Å². The molecule has 0 bridgehead atoms. The number of thiophene rings is 1. The van der Waals surface area contributed by atoms with Crippen molar-refractivity contribution in [2.45, 2.75) is 45.1 Å². The number of carbonyl (C=O) groups is 2. The van der Waals surface area contributed by atoms with Crippen LogP contribution in [0.1, 0.15) is 47.8 Å².